The predicted octanol–water partition coefficient (Wildman–Crippen LogP) is 3.25. The summed E-state index contributed by atoms with van der Waals surface area (Å²) >= 11 is 0. The minimum atomic E-state index is -1.10. The van der Waals surface area contributed by atoms with E-state index in [1.165, 1.54) is 13.0 Å². The second-order valence-electron chi connectivity index (χ2n) is 6.81. The van der Waals surface area contributed by atoms with Gasteiger partial charge in [-0.25, -0.2) is 9.59 Å². The lowest BCUT2D eigenvalue weighted by Crippen LogP contribution is -2.30. The van der Waals surface area contributed by atoms with Crippen LogP contribution in [0.3, 0.4) is 0 Å². The predicted molar refractivity (Wildman–Crippen MR) is 105 cm³/mol. The van der Waals surface area contributed by atoms with E-state index in [2.05, 4.69) is 10.3 Å². The third-order valence-corrected chi connectivity index (χ3v) is 4.10. The molecule has 0 bridgehead atoms. The van der Waals surface area contributed by atoms with Crippen molar-refractivity contribution in [3.05, 3.63) is 52.3 Å². The van der Waals surface area contributed by atoms with Gasteiger partial charge in [0, 0.05) is 11.4 Å². The number of esters is 2. The lowest BCUT2D eigenvalue weighted by Gasteiger charge is -2.13. The Kier molecular flexibility index (Phi) is 6.78. The first kappa shape index (κ1) is 21.7. The Morgan fingerprint density at radius 3 is 2.41 bits per heavy atom. The number of aromatic amines is 1. The van der Waals surface area contributed by atoms with Crippen molar-refractivity contribution in [3.63, 3.8) is 0 Å². The molecule has 0 aliphatic heterocycles. The van der Waals surface area contributed by atoms with Crippen LogP contribution in [0.25, 0.3) is 0 Å². The molecule has 0 fully saturated rings. The molecule has 1 aromatic carbocycles. The number of H-pyrrole nitrogens is 1. The lowest BCUT2D eigenvalue weighted by molar-refractivity contribution is -0.123. The van der Waals surface area contributed by atoms with Crippen LogP contribution < -0.4 is 5.32 Å². The molecule has 1 amide bonds. The van der Waals surface area contributed by atoms with Crippen LogP contribution in [0, 0.1) is 25.2 Å². The third kappa shape index (κ3) is 5.23. The Morgan fingerprint density at radius 1 is 1.10 bits per heavy atom. The lowest BCUT2D eigenvalue weighted by atomic mass is 10.1. The topological polar surface area (TPSA) is 121 Å². The molecule has 29 heavy (non-hydrogen) atoms. The van der Waals surface area contributed by atoms with Crippen molar-refractivity contribution in [3.8, 4) is 6.07 Å². The van der Waals surface area contributed by atoms with E-state index in [0.29, 0.717) is 22.5 Å². The van der Waals surface area contributed by atoms with E-state index in [4.69, 9.17) is 14.7 Å². The summed E-state index contributed by atoms with van der Waals surface area (Å²) in [7, 11) is 0. The smallest absolute Gasteiger partial charge is 0.355 e. The molecular formula is C21H23N3O5. The van der Waals surface area contributed by atoms with Crippen molar-refractivity contribution >= 4 is 23.5 Å². The molecule has 0 unspecified atom stereocenters. The molecule has 8 nitrogen and oxygen atoms in total. The van der Waals surface area contributed by atoms with E-state index in [1.54, 1.807) is 45.9 Å². The van der Waals surface area contributed by atoms with Gasteiger partial charge >= 0.3 is 11.9 Å². The highest BCUT2D eigenvalue weighted by Crippen LogP contribution is 2.21. The number of hydrogen-bond donors (Lipinski definition) is 2. The van der Waals surface area contributed by atoms with Crippen LogP contribution >= 0.6 is 0 Å². The van der Waals surface area contributed by atoms with Crippen molar-refractivity contribution in [2.75, 3.05) is 5.32 Å². The Morgan fingerprint density at radius 2 is 1.79 bits per heavy atom. The molecule has 2 rings (SSSR count). The van der Waals surface area contributed by atoms with E-state index < -0.39 is 23.9 Å². The molecule has 8 heteroatoms. The Balaban J connectivity index is 2.10. The number of nitrogens with one attached hydrogen (secondary N) is 2. The highest BCUT2D eigenvalue weighted by atomic mass is 16.6. The van der Waals surface area contributed by atoms with Crippen LogP contribution in [0.2, 0.25) is 0 Å². The van der Waals surface area contributed by atoms with E-state index in [1.807, 2.05) is 6.07 Å². The van der Waals surface area contributed by atoms with Gasteiger partial charge in [-0.1, -0.05) is 6.07 Å². The van der Waals surface area contributed by atoms with Gasteiger partial charge in [0.2, 0.25) is 0 Å². The number of anilines is 1. The van der Waals surface area contributed by atoms with E-state index in [9.17, 15) is 14.4 Å². The summed E-state index contributed by atoms with van der Waals surface area (Å²) in [6, 6.07) is 8.36. The van der Waals surface area contributed by atoms with Gasteiger partial charge in [-0.05, 0) is 58.4 Å². The summed E-state index contributed by atoms with van der Waals surface area (Å²) < 4.78 is 10.4. The first-order chi connectivity index (χ1) is 13.6. The van der Waals surface area contributed by atoms with Gasteiger partial charge in [-0.2, -0.15) is 5.26 Å². The molecule has 0 radical (unpaired) electrons. The van der Waals surface area contributed by atoms with E-state index >= 15 is 0 Å². The molecule has 2 N–H and O–H groups in total. The van der Waals surface area contributed by atoms with E-state index in [-0.39, 0.29) is 17.4 Å². The fourth-order valence-electron chi connectivity index (χ4n) is 2.72. The van der Waals surface area contributed by atoms with Gasteiger partial charge < -0.3 is 19.8 Å². The fraction of sp³-hybridized carbons (Fsp3) is 0.333. The molecule has 1 heterocycles. The van der Waals surface area contributed by atoms with Gasteiger partial charge in [0.25, 0.3) is 5.91 Å². The number of amides is 1. The van der Waals surface area contributed by atoms with Crippen molar-refractivity contribution < 1.29 is 23.9 Å². The highest BCUT2D eigenvalue weighted by molar-refractivity contribution is 6.00. The molecular weight excluding hydrogens is 374 g/mol. The van der Waals surface area contributed by atoms with Gasteiger partial charge in [0.1, 0.15) is 5.69 Å². The number of nitriles is 1. The zero-order chi connectivity index (χ0) is 21.7. The number of aryl methyl sites for hydroxylation is 1. The molecule has 0 saturated heterocycles. The zero-order valence-corrected chi connectivity index (χ0v) is 17.0. The van der Waals surface area contributed by atoms with Crippen molar-refractivity contribution in [2.24, 2.45) is 0 Å². The monoisotopic (exact) mass is 397 g/mol. The molecule has 1 atom stereocenters. The van der Waals surface area contributed by atoms with Crippen molar-refractivity contribution in [1.29, 1.82) is 5.26 Å². The molecule has 0 saturated carbocycles. The van der Waals surface area contributed by atoms with Crippen molar-refractivity contribution in [1.82, 2.24) is 4.98 Å². The van der Waals surface area contributed by atoms with Gasteiger partial charge in [0.15, 0.2) is 6.10 Å². The second kappa shape index (κ2) is 9.06. The minimum absolute atomic E-state index is 0.0873. The summed E-state index contributed by atoms with van der Waals surface area (Å²) in [4.78, 5) is 39.9. The first-order valence-electron chi connectivity index (χ1n) is 9.06. The van der Waals surface area contributed by atoms with Crippen molar-refractivity contribution in [2.45, 2.75) is 46.8 Å². The minimum Gasteiger partial charge on any atom is -0.459 e. The average Bonchev–Trinajstić information content (AvgIpc) is 2.95. The molecule has 0 aliphatic carbocycles. The normalized spacial score (nSPS) is 11.5. The molecule has 0 aliphatic rings. The molecule has 152 valence electrons. The second-order valence-corrected chi connectivity index (χ2v) is 6.81. The third-order valence-electron chi connectivity index (χ3n) is 4.10. The Labute approximate surface area is 168 Å². The molecule has 2 aromatic rings. The standard InChI is InChI=1S/C21H23N3O5/c1-11(2)28-20(26)17-12(3)18(23-13(17)4)21(27)29-14(5)19(25)24-16-8-6-7-15(9-16)10-22/h6-9,11,14,23H,1-5H3,(H,24,25)/t14-/m1/s1. The van der Waals surface area contributed by atoms with Crippen LogP contribution in [-0.2, 0) is 14.3 Å². The number of carbonyl (C=O) groups excluding carboxylic acids is 3. The summed E-state index contributed by atoms with van der Waals surface area (Å²) in [6.07, 6.45) is -1.39. The first-order valence-corrected chi connectivity index (χ1v) is 9.06. The number of aromatic nitrogens is 1. The number of benzene rings is 1. The maximum Gasteiger partial charge on any atom is 0.355 e. The van der Waals surface area contributed by atoms with Crippen LogP contribution in [0.4, 0.5) is 5.69 Å². The maximum absolute atomic E-state index is 12.5. The fourth-order valence-corrected chi connectivity index (χ4v) is 2.72. The zero-order valence-electron chi connectivity index (χ0n) is 17.0. The van der Waals surface area contributed by atoms with Crippen LogP contribution in [0.5, 0.6) is 0 Å². The largest absolute Gasteiger partial charge is 0.459 e. The summed E-state index contributed by atoms with van der Waals surface area (Å²) in [5, 5.41) is 11.5. The summed E-state index contributed by atoms with van der Waals surface area (Å²) in [5.41, 5.74) is 2.05. The maximum atomic E-state index is 12.5. The van der Waals surface area contributed by atoms with Crippen LogP contribution in [-0.4, -0.2) is 35.0 Å². The highest BCUT2D eigenvalue weighted by Gasteiger charge is 2.27. The number of hydrogen-bond acceptors (Lipinski definition) is 6. The van der Waals surface area contributed by atoms with Gasteiger partial charge in [0.05, 0.1) is 23.3 Å². The summed E-state index contributed by atoms with van der Waals surface area (Å²) in [5.74, 6) is -1.84. The number of ether oxygens (including phenoxy) is 2. The number of nitrogens with zero attached hydrogens (tertiary/aromatic N) is 1. The quantitative estimate of drug-likeness (QED) is 0.722. The van der Waals surface area contributed by atoms with E-state index in [0.717, 1.165) is 0 Å². The SMILES string of the molecule is Cc1[nH]c(C(=O)O[C@H](C)C(=O)Nc2cccc(C#N)c2)c(C)c1C(=O)OC(C)C. The number of carbonyl (C=O) groups is 3. The van der Waals surface area contributed by atoms with Gasteiger partial charge in [-0.15, -0.1) is 0 Å². The molecule has 0 spiro atoms. The summed E-state index contributed by atoms with van der Waals surface area (Å²) in [6.45, 7) is 8.16. The van der Waals surface area contributed by atoms with Gasteiger partial charge in [-0.3, -0.25) is 4.79 Å². The average molecular weight is 397 g/mol. The van der Waals surface area contributed by atoms with Crippen LogP contribution in [0.15, 0.2) is 24.3 Å². The Bertz CT molecular complexity index is 985. The molecule has 1 aromatic heterocycles. The van der Waals surface area contributed by atoms with Crippen LogP contribution in [0.1, 0.15) is 58.4 Å². The number of rotatable bonds is 6. The Hall–Kier alpha value is -3.60.